The number of benzene rings is 2. The first-order valence-corrected chi connectivity index (χ1v) is 9.98. The minimum atomic E-state index is -0.405. The molecule has 2 fully saturated rings. The number of nitrogens with zero attached hydrogens (tertiary/aromatic N) is 1. The molecule has 2 aliphatic heterocycles. The Balaban J connectivity index is 1.63. The smallest absolute Gasteiger partial charge is 0.0617 e. The van der Waals surface area contributed by atoms with Crippen molar-refractivity contribution in [1.82, 2.24) is 10.2 Å². The first kappa shape index (κ1) is 18.6. The van der Waals surface area contributed by atoms with Gasteiger partial charge in [0.15, 0.2) is 0 Å². The number of hydrogen-bond donors (Lipinski definition) is 3. The minimum Gasteiger partial charge on any atom is -0.396 e. The Morgan fingerprint density at radius 2 is 1.78 bits per heavy atom. The monoisotopic (exact) mass is 366 g/mol. The van der Waals surface area contributed by atoms with Crippen molar-refractivity contribution in [3.63, 3.8) is 0 Å². The molecule has 0 aromatic heterocycles. The van der Waals surface area contributed by atoms with Gasteiger partial charge >= 0.3 is 0 Å². The molecule has 0 spiro atoms. The van der Waals surface area contributed by atoms with Crippen molar-refractivity contribution in [2.24, 2.45) is 11.8 Å². The van der Waals surface area contributed by atoms with Gasteiger partial charge in [0.1, 0.15) is 0 Å². The highest BCUT2D eigenvalue weighted by atomic mass is 16.3. The molecule has 0 saturated carbocycles. The zero-order valence-corrected chi connectivity index (χ0v) is 16.0. The lowest BCUT2D eigenvalue weighted by molar-refractivity contribution is 0.0969. The third-order valence-corrected chi connectivity index (χ3v) is 6.63. The summed E-state index contributed by atoms with van der Waals surface area (Å²) in [5.74, 6) is 0.775. The standard InChI is InChI=1S/C23H30N2O2/c1-17-7-5-6-10-19(17)22-20-14-25(13-18-8-3-2-4-9-18)15-21(20)23(16-27,24-22)11-12-26/h2-10,20-22,24,26-27H,11-16H2,1H3/t20-,21+,22-,23+/m0/s1. The second kappa shape index (κ2) is 7.72. The quantitative estimate of drug-likeness (QED) is 0.735. The number of nitrogens with one attached hydrogen (secondary N) is 1. The molecule has 0 radical (unpaired) electrons. The summed E-state index contributed by atoms with van der Waals surface area (Å²) in [6.45, 7) is 5.23. The number of hydrogen-bond acceptors (Lipinski definition) is 4. The average Bonchev–Trinajstić information content (AvgIpc) is 3.22. The normalized spacial score (nSPS) is 30.6. The van der Waals surface area contributed by atoms with Crippen molar-refractivity contribution in [1.29, 1.82) is 0 Å². The molecule has 3 N–H and O–H groups in total. The van der Waals surface area contributed by atoms with E-state index in [1.54, 1.807) is 0 Å². The van der Waals surface area contributed by atoms with E-state index >= 15 is 0 Å². The Morgan fingerprint density at radius 1 is 1.04 bits per heavy atom. The summed E-state index contributed by atoms with van der Waals surface area (Å²) in [5.41, 5.74) is 3.53. The number of aryl methyl sites for hydroxylation is 1. The molecule has 2 saturated heterocycles. The van der Waals surface area contributed by atoms with Gasteiger partial charge in [-0.2, -0.15) is 0 Å². The predicted molar refractivity (Wildman–Crippen MR) is 107 cm³/mol. The van der Waals surface area contributed by atoms with Crippen LogP contribution in [0, 0.1) is 18.8 Å². The van der Waals surface area contributed by atoms with E-state index in [1.807, 2.05) is 0 Å². The highest BCUT2D eigenvalue weighted by molar-refractivity contribution is 5.33. The molecule has 4 nitrogen and oxygen atoms in total. The van der Waals surface area contributed by atoms with Crippen LogP contribution in [0.25, 0.3) is 0 Å². The lowest BCUT2D eigenvalue weighted by atomic mass is 9.78. The second-order valence-electron chi connectivity index (χ2n) is 8.22. The highest BCUT2D eigenvalue weighted by Crippen LogP contribution is 2.49. The molecular weight excluding hydrogens is 336 g/mol. The molecule has 4 heteroatoms. The molecule has 2 heterocycles. The van der Waals surface area contributed by atoms with Crippen molar-refractivity contribution < 1.29 is 10.2 Å². The lowest BCUT2D eigenvalue weighted by Gasteiger charge is -2.34. The second-order valence-corrected chi connectivity index (χ2v) is 8.22. The van der Waals surface area contributed by atoms with Crippen LogP contribution in [0.3, 0.4) is 0 Å². The summed E-state index contributed by atoms with van der Waals surface area (Å²) in [4.78, 5) is 2.51. The number of likely N-dealkylation sites (tertiary alicyclic amines) is 1. The Kier molecular flexibility index (Phi) is 5.33. The fourth-order valence-electron chi connectivity index (χ4n) is 5.27. The molecule has 0 unspecified atom stereocenters. The largest absolute Gasteiger partial charge is 0.396 e. The Bertz CT molecular complexity index is 766. The van der Waals surface area contributed by atoms with Crippen LogP contribution in [0.4, 0.5) is 0 Å². The number of aliphatic hydroxyl groups is 2. The van der Waals surface area contributed by atoms with Crippen molar-refractivity contribution >= 4 is 0 Å². The van der Waals surface area contributed by atoms with Crippen LogP contribution in [0.5, 0.6) is 0 Å². The molecule has 0 amide bonds. The maximum atomic E-state index is 10.3. The van der Waals surface area contributed by atoms with Gasteiger partial charge in [0, 0.05) is 37.8 Å². The zero-order valence-electron chi connectivity index (χ0n) is 16.0. The minimum absolute atomic E-state index is 0.0658. The maximum Gasteiger partial charge on any atom is 0.0617 e. The van der Waals surface area contributed by atoms with E-state index in [1.165, 1.54) is 16.7 Å². The average molecular weight is 367 g/mol. The van der Waals surface area contributed by atoms with Crippen molar-refractivity contribution in [2.75, 3.05) is 26.3 Å². The molecule has 2 aromatic carbocycles. The van der Waals surface area contributed by atoms with E-state index in [0.717, 1.165) is 19.6 Å². The molecule has 2 aromatic rings. The van der Waals surface area contributed by atoms with Crippen molar-refractivity contribution in [3.8, 4) is 0 Å². The summed E-state index contributed by atoms with van der Waals surface area (Å²) in [6, 6.07) is 19.4. The number of aliphatic hydroxyl groups excluding tert-OH is 2. The molecule has 144 valence electrons. The van der Waals surface area contributed by atoms with Crippen molar-refractivity contribution in [2.45, 2.75) is 31.5 Å². The molecule has 27 heavy (non-hydrogen) atoms. The van der Waals surface area contributed by atoms with Crippen LogP contribution < -0.4 is 5.32 Å². The SMILES string of the molecule is Cc1ccccc1[C@@H]1N[C@@](CO)(CCO)[C@@H]2CN(Cc3ccccc3)C[C@@H]21. The van der Waals surface area contributed by atoms with Gasteiger partial charge in [0.25, 0.3) is 0 Å². The summed E-state index contributed by atoms with van der Waals surface area (Å²) >= 11 is 0. The van der Waals surface area contributed by atoms with E-state index in [-0.39, 0.29) is 19.3 Å². The third kappa shape index (κ3) is 3.43. The van der Waals surface area contributed by atoms with Crippen LogP contribution in [-0.2, 0) is 6.54 Å². The molecule has 0 aliphatic carbocycles. The molecular formula is C23H30N2O2. The Morgan fingerprint density at radius 3 is 2.48 bits per heavy atom. The van der Waals surface area contributed by atoms with Crippen molar-refractivity contribution in [3.05, 3.63) is 71.3 Å². The lowest BCUT2D eigenvalue weighted by Crippen LogP contribution is -2.51. The Labute approximate surface area is 161 Å². The van der Waals surface area contributed by atoms with Gasteiger partial charge in [-0.05, 0) is 41.9 Å². The van der Waals surface area contributed by atoms with Crippen LogP contribution >= 0.6 is 0 Å². The molecule has 4 rings (SSSR count). The Hall–Kier alpha value is -1.72. The summed E-state index contributed by atoms with van der Waals surface area (Å²) in [6.07, 6.45) is 0.590. The van der Waals surface area contributed by atoms with E-state index in [9.17, 15) is 10.2 Å². The van der Waals surface area contributed by atoms with Gasteiger partial charge in [-0.3, -0.25) is 4.90 Å². The van der Waals surface area contributed by atoms with E-state index in [0.29, 0.717) is 18.3 Å². The molecule has 4 atom stereocenters. The fourth-order valence-corrected chi connectivity index (χ4v) is 5.27. The number of rotatable bonds is 6. The van der Waals surface area contributed by atoms with Crippen LogP contribution in [0.15, 0.2) is 54.6 Å². The van der Waals surface area contributed by atoms with Crippen LogP contribution in [0.2, 0.25) is 0 Å². The zero-order chi connectivity index (χ0) is 18.9. The summed E-state index contributed by atoms with van der Waals surface area (Å²) < 4.78 is 0. The van der Waals surface area contributed by atoms with Gasteiger partial charge in [-0.25, -0.2) is 0 Å². The summed E-state index contributed by atoms with van der Waals surface area (Å²) in [5, 5.41) is 23.8. The molecule has 2 aliphatic rings. The maximum absolute atomic E-state index is 10.3. The van der Waals surface area contributed by atoms with E-state index in [2.05, 4.69) is 71.7 Å². The fraction of sp³-hybridized carbons (Fsp3) is 0.478. The van der Waals surface area contributed by atoms with Gasteiger partial charge in [-0.1, -0.05) is 54.6 Å². The first-order valence-electron chi connectivity index (χ1n) is 9.98. The van der Waals surface area contributed by atoms with Gasteiger partial charge < -0.3 is 15.5 Å². The van der Waals surface area contributed by atoms with Gasteiger partial charge in [0.05, 0.1) is 6.61 Å². The highest BCUT2D eigenvalue weighted by Gasteiger charge is 2.56. The van der Waals surface area contributed by atoms with Crippen LogP contribution in [0.1, 0.15) is 29.2 Å². The third-order valence-electron chi connectivity index (χ3n) is 6.63. The van der Waals surface area contributed by atoms with E-state index in [4.69, 9.17) is 0 Å². The van der Waals surface area contributed by atoms with Gasteiger partial charge in [0.2, 0.25) is 0 Å². The van der Waals surface area contributed by atoms with Crippen LogP contribution in [-0.4, -0.2) is 47.0 Å². The number of fused-ring (bicyclic) bond motifs is 1. The molecule has 0 bridgehead atoms. The van der Waals surface area contributed by atoms with E-state index < -0.39 is 5.54 Å². The summed E-state index contributed by atoms with van der Waals surface area (Å²) in [7, 11) is 0. The van der Waals surface area contributed by atoms with Gasteiger partial charge in [-0.15, -0.1) is 0 Å². The predicted octanol–water partition coefficient (Wildman–Crippen LogP) is 2.50. The topological polar surface area (TPSA) is 55.7 Å². The first-order chi connectivity index (χ1) is 13.2.